The number of nitrogens with zero attached hydrogens (tertiary/aromatic N) is 2. The molecule has 6 nitrogen and oxygen atoms in total. The number of benzene rings is 1. The molecular weight excluding hydrogens is 234 g/mol. The molecule has 0 fully saturated rings. The van der Waals surface area contributed by atoms with E-state index >= 15 is 0 Å². The van der Waals surface area contributed by atoms with Crippen LogP contribution >= 0.6 is 0 Å². The van der Waals surface area contributed by atoms with Crippen molar-refractivity contribution in [3.8, 4) is 0 Å². The number of hydrogen-bond donors (Lipinski definition) is 2. The Kier molecular flexibility index (Phi) is 3.18. The number of para-hydroxylation sites is 1. The maximum absolute atomic E-state index is 11.9. The molecule has 1 atom stereocenters. The van der Waals surface area contributed by atoms with Crippen LogP contribution in [0.5, 0.6) is 0 Å². The first-order valence-electron chi connectivity index (χ1n) is 5.33. The van der Waals surface area contributed by atoms with Gasteiger partial charge in [0.2, 0.25) is 0 Å². The normalized spacial score (nSPS) is 12.1. The maximum atomic E-state index is 11.9. The Hall–Kier alpha value is -2.50. The molecule has 0 radical (unpaired) electrons. The highest BCUT2D eigenvalue weighted by Gasteiger charge is 2.17. The third-order valence-electron chi connectivity index (χ3n) is 2.46. The van der Waals surface area contributed by atoms with Crippen molar-refractivity contribution in [1.82, 2.24) is 15.3 Å². The van der Waals surface area contributed by atoms with E-state index in [0.717, 1.165) is 0 Å². The number of aromatic nitrogens is 2. The summed E-state index contributed by atoms with van der Waals surface area (Å²) >= 11 is 0. The zero-order valence-electron chi connectivity index (χ0n) is 9.62. The highest BCUT2D eigenvalue weighted by atomic mass is 16.4. The van der Waals surface area contributed by atoms with Gasteiger partial charge in [-0.15, -0.1) is 0 Å². The van der Waals surface area contributed by atoms with Crippen molar-refractivity contribution < 1.29 is 14.7 Å². The predicted molar refractivity (Wildman–Crippen MR) is 64.1 cm³/mol. The standard InChI is InChI=1S/C12H11N3O3/c1-7(12(17)18)15-11(16)8-3-2-4-9-10(8)14-6-5-13-9/h2-7H,1H3,(H,15,16)(H,17,18). The molecule has 0 bridgehead atoms. The molecule has 0 saturated carbocycles. The van der Waals surface area contributed by atoms with Gasteiger partial charge < -0.3 is 10.4 Å². The third-order valence-corrected chi connectivity index (χ3v) is 2.46. The molecule has 1 aromatic heterocycles. The summed E-state index contributed by atoms with van der Waals surface area (Å²) in [5, 5.41) is 11.1. The number of carbonyl (C=O) groups excluding carboxylic acids is 1. The van der Waals surface area contributed by atoms with Crippen LogP contribution in [0.2, 0.25) is 0 Å². The lowest BCUT2D eigenvalue weighted by Gasteiger charge is -2.10. The highest BCUT2D eigenvalue weighted by Crippen LogP contribution is 2.13. The van der Waals surface area contributed by atoms with Crippen molar-refractivity contribution in [1.29, 1.82) is 0 Å². The Balaban J connectivity index is 2.36. The number of carboxylic acids is 1. The average Bonchev–Trinajstić information content (AvgIpc) is 2.37. The fraction of sp³-hybridized carbons (Fsp3) is 0.167. The SMILES string of the molecule is CC(NC(=O)c1cccc2nccnc12)C(=O)O. The van der Waals surface area contributed by atoms with Gasteiger partial charge in [0.25, 0.3) is 5.91 Å². The van der Waals surface area contributed by atoms with Gasteiger partial charge in [0.15, 0.2) is 0 Å². The van der Waals surface area contributed by atoms with Gasteiger partial charge in [-0.1, -0.05) is 6.07 Å². The molecule has 0 aliphatic rings. The third kappa shape index (κ3) is 2.27. The lowest BCUT2D eigenvalue weighted by molar-refractivity contribution is -0.138. The van der Waals surface area contributed by atoms with E-state index in [1.165, 1.54) is 19.3 Å². The van der Waals surface area contributed by atoms with Gasteiger partial charge in [0, 0.05) is 12.4 Å². The summed E-state index contributed by atoms with van der Waals surface area (Å²) in [4.78, 5) is 30.8. The topological polar surface area (TPSA) is 92.2 Å². The minimum atomic E-state index is -1.09. The Morgan fingerprint density at radius 3 is 2.72 bits per heavy atom. The minimum absolute atomic E-state index is 0.314. The van der Waals surface area contributed by atoms with Gasteiger partial charge in [0.1, 0.15) is 11.6 Å². The van der Waals surface area contributed by atoms with Crippen molar-refractivity contribution in [2.75, 3.05) is 0 Å². The van der Waals surface area contributed by atoms with Crippen molar-refractivity contribution in [2.45, 2.75) is 13.0 Å². The summed E-state index contributed by atoms with van der Waals surface area (Å²) < 4.78 is 0. The summed E-state index contributed by atoms with van der Waals surface area (Å²) in [6.07, 6.45) is 3.02. The summed E-state index contributed by atoms with van der Waals surface area (Å²) in [6.45, 7) is 1.40. The molecule has 1 unspecified atom stereocenters. The monoisotopic (exact) mass is 245 g/mol. The molecule has 1 heterocycles. The van der Waals surface area contributed by atoms with Crippen LogP contribution in [0.4, 0.5) is 0 Å². The lowest BCUT2D eigenvalue weighted by atomic mass is 10.1. The van der Waals surface area contributed by atoms with Crippen molar-refractivity contribution in [3.05, 3.63) is 36.2 Å². The Labute approximate surface area is 103 Å². The highest BCUT2D eigenvalue weighted by molar-refractivity contribution is 6.05. The van der Waals surface area contributed by atoms with Gasteiger partial charge >= 0.3 is 5.97 Å². The van der Waals surface area contributed by atoms with Crippen molar-refractivity contribution in [2.24, 2.45) is 0 Å². The molecule has 1 amide bonds. The van der Waals surface area contributed by atoms with E-state index in [1.807, 2.05) is 0 Å². The molecule has 2 N–H and O–H groups in total. The van der Waals surface area contributed by atoms with Gasteiger partial charge in [-0.2, -0.15) is 0 Å². The first kappa shape index (κ1) is 12.0. The van der Waals surface area contributed by atoms with Crippen LogP contribution in [0, 0.1) is 0 Å². The second-order valence-electron chi connectivity index (χ2n) is 3.76. The average molecular weight is 245 g/mol. The van der Waals surface area contributed by atoms with Gasteiger partial charge in [0.05, 0.1) is 11.1 Å². The summed E-state index contributed by atoms with van der Waals surface area (Å²) in [5.74, 6) is -1.56. The second-order valence-corrected chi connectivity index (χ2v) is 3.76. The molecule has 18 heavy (non-hydrogen) atoms. The molecule has 0 spiro atoms. The quantitative estimate of drug-likeness (QED) is 0.835. The summed E-state index contributed by atoms with van der Waals surface area (Å²) in [6, 6.07) is 4.04. The molecule has 0 aliphatic carbocycles. The Bertz CT molecular complexity index is 607. The van der Waals surface area contributed by atoms with Crippen LogP contribution in [0.1, 0.15) is 17.3 Å². The molecule has 0 aliphatic heterocycles. The largest absolute Gasteiger partial charge is 0.480 e. The van der Waals surface area contributed by atoms with Crippen LogP contribution in [0.3, 0.4) is 0 Å². The van der Waals surface area contributed by atoms with Gasteiger partial charge in [-0.25, -0.2) is 0 Å². The number of carbonyl (C=O) groups is 2. The van der Waals surface area contributed by atoms with E-state index in [1.54, 1.807) is 18.2 Å². The molecule has 2 rings (SSSR count). The van der Waals surface area contributed by atoms with E-state index in [4.69, 9.17) is 5.11 Å². The fourth-order valence-electron chi connectivity index (χ4n) is 1.51. The minimum Gasteiger partial charge on any atom is -0.480 e. The molecule has 6 heteroatoms. The molecule has 92 valence electrons. The number of nitrogens with one attached hydrogen (secondary N) is 1. The van der Waals surface area contributed by atoms with Crippen molar-refractivity contribution in [3.63, 3.8) is 0 Å². The van der Waals surface area contributed by atoms with Crippen molar-refractivity contribution >= 4 is 22.9 Å². The zero-order chi connectivity index (χ0) is 13.1. The fourth-order valence-corrected chi connectivity index (χ4v) is 1.51. The van der Waals surface area contributed by atoms with E-state index in [-0.39, 0.29) is 0 Å². The van der Waals surface area contributed by atoms with E-state index < -0.39 is 17.9 Å². The van der Waals surface area contributed by atoms with Crippen LogP contribution in [0.25, 0.3) is 11.0 Å². The van der Waals surface area contributed by atoms with Crippen LogP contribution in [0.15, 0.2) is 30.6 Å². The van der Waals surface area contributed by atoms with E-state index in [0.29, 0.717) is 16.6 Å². The van der Waals surface area contributed by atoms with Gasteiger partial charge in [-0.05, 0) is 19.1 Å². The molecule has 0 saturated heterocycles. The van der Waals surface area contributed by atoms with E-state index in [9.17, 15) is 9.59 Å². The van der Waals surface area contributed by atoms with E-state index in [2.05, 4.69) is 15.3 Å². The number of fused-ring (bicyclic) bond motifs is 1. The number of rotatable bonds is 3. The lowest BCUT2D eigenvalue weighted by Crippen LogP contribution is -2.38. The molecular formula is C12H11N3O3. The first-order chi connectivity index (χ1) is 8.59. The summed E-state index contributed by atoms with van der Waals surface area (Å²) in [5.41, 5.74) is 1.36. The number of hydrogen-bond acceptors (Lipinski definition) is 4. The predicted octanol–water partition coefficient (Wildman–Crippen LogP) is 0.833. The summed E-state index contributed by atoms with van der Waals surface area (Å²) in [7, 11) is 0. The number of amides is 1. The van der Waals surface area contributed by atoms with Gasteiger partial charge in [-0.3, -0.25) is 19.6 Å². The molecule has 1 aromatic carbocycles. The van der Waals surface area contributed by atoms with Crippen LogP contribution in [-0.4, -0.2) is 33.0 Å². The first-order valence-corrected chi connectivity index (χ1v) is 5.33. The number of carboxylic acid groups (broad SMARTS) is 1. The smallest absolute Gasteiger partial charge is 0.325 e. The Morgan fingerprint density at radius 1 is 1.28 bits per heavy atom. The van der Waals surface area contributed by atoms with Crippen LogP contribution < -0.4 is 5.32 Å². The number of aliphatic carboxylic acids is 1. The Morgan fingerprint density at radius 2 is 2.00 bits per heavy atom. The second kappa shape index (κ2) is 4.79. The maximum Gasteiger partial charge on any atom is 0.325 e. The zero-order valence-corrected chi connectivity index (χ0v) is 9.62. The molecule has 2 aromatic rings. The van der Waals surface area contributed by atoms with Crippen LogP contribution in [-0.2, 0) is 4.79 Å².